The lowest BCUT2D eigenvalue weighted by Gasteiger charge is -2.19. The minimum atomic E-state index is -0.316. The first kappa shape index (κ1) is 15.3. The fourth-order valence-corrected chi connectivity index (χ4v) is 2.12. The molecule has 0 atom stereocenters. The Bertz CT molecular complexity index is 626. The van der Waals surface area contributed by atoms with Crippen LogP contribution in [0.25, 0.3) is 0 Å². The monoisotopic (exact) mass is 287 g/mol. The van der Waals surface area contributed by atoms with E-state index in [0.29, 0.717) is 18.7 Å². The highest BCUT2D eigenvalue weighted by molar-refractivity contribution is 5.37. The summed E-state index contributed by atoms with van der Waals surface area (Å²) in [5.41, 5.74) is 1.43. The minimum absolute atomic E-state index is 0.231. The maximum Gasteiger partial charge on any atom is 0.124 e. The van der Waals surface area contributed by atoms with Crippen molar-refractivity contribution in [2.75, 3.05) is 13.2 Å². The van der Waals surface area contributed by atoms with Gasteiger partial charge in [-0.2, -0.15) is 0 Å². The molecule has 2 aromatic rings. The third kappa shape index (κ3) is 4.75. The molecular weight excluding hydrogens is 269 g/mol. The van der Waals surface area contributed by atoms with Crippen molar-refractivity contribution in [3.63, 3.8) is 0 Å². The lowest BCUT2D eigenvalue weighted by atomic mass is 10.1. The van der Waals surface area contributed by atoms with Gasteiger partial charge in [-0.3, -0.25) is 4.90 Å². The van der Waals surface area contributed by atoms with E-state index in [1.807, 2.05) is 18.2 Å². The molecule has 0 saturated carbocycles. The number of rotatable bonds is 5. The molecule has 110 valence electrons. The molecule has 21 heavy (non-hydrogen) atoms. The second-order valence-electron chi connectivity index (χ2n) is 4.69. The van der Waals surface area contributed by atoms with Gasteiger partial charge in [0.25, 0.3) is 0 Å². The van der Waals surface area contributed by atoms with E-state index in [1.54, 1.807) is 6.26 Å². The van der Waals surface area contributed by atoms with Gasteiger partial charge in [-0.05, 0) is 42.4 Å². The van der Waals surface area contributed by atoms with Gasteiger partial charge in [0.15, 0.2) is 0 Å². The van der Waals surface area contributed by atoms with Crippen LogP contribution in [0.15, 0.2) is 41.0 Å². The molecule has 0 amide bonds. The van der Waals surface area contributed by atoms with Crippen LogP contribution in [0, 0.1) is 17.7 Å². The average molecular weight is 287 g/mol. The Balaban J connectivity index is 2.11. The van der Waals surface area contributed by atoms with E-state index < -0.39 is 0 Å². The van der Waals surface area contributed by atoms with Gasteiger partial charge in [0, 0.05) is 12.1 Å². The lowest BCUT2D eigenvalue weighted by Crippen LogP contribution is -2.22. The van der Waals surface area contributed by atoms with E-state index in [4.69, 9.17) is 9.52 Å². The molecule has 1 N–H and O–H groups in total. The molecule has 4 heteroatoms. The first-order chi connectivity index (χ1) is 10.2. The van der Waals surface area contributed by atoms with Crippen molar-refractivity contribution < 1.29 is 13.9 Å². The van der Waals surface area contributed by atoms with E-state index >= 15 is 0 Å². The van der Waals surface area contributed by atoms with E-state index in [9.17, 15) is 4.39 Å². The number of benzene rings is 1. The number of furan rings is 1. The van der Waals surface area contributed by atoms with Crippen molar-refractivity contribution in [3.05, 3.63) is 59.3 Å². The van der Waals surface area contributed by atoms with Crippen LogP contribution in [0.2, 0.25) is 0 Å². The number of hydrogen-bond donors (Lipinski definition) is 1. The van der Waals surface area contributed by atoms with Crippen molar-refractivity contribution in [1.82, 2.24) is 4.90 Å². The van der Waals surface area contributed by atoms with Crippen molar-refractivity contribution in [3.8, 4) is 11.8 Å². The van der Waals surface area contributed by atoms with Gasteiger partial charge in [-0.25, -0.2) is 4.39 Å². The maximum atomic E-state index is 13.6. The third-order valence-corrected chi connectivity index (χ3v) is 3.08. The van der Waals surface area contributed by atoms with Crippen LogP contribution < -0.4 is 0 Å². The van der Waals surface area contributed by atoms with Crippen molar-refractivity contribution in [1.29, 1.82) is 0 Å². The molecule has 0 aliphatic rings. The predicted octanol–water partition coefficient (Wildman–Crippen LogP) is 2.78. The molecule has 0 aliphatic carbocycles. The predicted molar refractivity (Wildman–Crippen MR) is 78.9 cm³/mol. The summed E-state index contributed by atoms with van der Waals surface area (Å²) in [4.78, 5) is 2.15. The maximum absolute atomic E-state index is 13.6. The van der Waals surface area contributed by atoms with Crippen LogP contribution in [0.4, 0.5) is 4.39 Å². The summed E-state index contributed by atoms with van der Waals surface area (Å²) in [6, 6.07) is 8.50. The fraction of sp³-hybridized carbons (Fsp3) is 0.294. The van der Waals surface area contributed by atoms with Gasteiger partial charge >= 0.3 is 0 Å². The van der Waals surface area contributed by atoms with Gasteiger partial charge in [-0.1, -0.05) is 18.8 Å². The number of hydrogen-bond acceptors (Lipinski definition) is 3. The Morgan fingerprint density at radius 1 is 1.29 bits per heavy atom. The minimum Gasteiger partial charge on any atom is -0.468 e. The molecule has 0 unspecified atom stereocenters. The molecule has 2 rings (SSSR count). The summed E-state index contributed by atoms with van der Waals surface area (Å²) in [6.45, 7) is 3.94. The zero-order valence-electron chi connectivity index (χ0n) is 12.0. The van der Waals surface area contributed by atoms with Crippen LogP contribution in [0.3, 0.4) is 0 Å². The molecular formula is C17H18FNO2. The van der Waals surface area contributed by atoms with Crippen molar-refractivity contribution >= 4 is 0 Å². The van der Waals surface area contributed by atoms with Crippen molar-refractivity contribution in [2.45, 2.75) is 20.0 Å². The Labute approximate surface area is 124 Å². The summed E-state index contributed by atoms with van der Waals surface area (Å²) >= 11 is 0. The SMILES string of the molecule is CCN(Cc1cc(F)cc(C#CCO)c1)Cc1ccco1. The van der Waals surface area contributed by atoms with Gasteiger partial charge in [0.05, 0.1) is 12.8 Å². The zero-order chi connectivity index (χ0) is 15.1. The number of nitrogens with zero attached hydrogens (tertiary/aromatic N) is 1. The number of aliphatic hydroxyl groups is 1. The van der Waals surface area contributed by atoms with Crippen LogP contribution in [0.1, 0.15) is 23.8 Å². The summed E-state index contributed by atoms with van der Waals surface area (Å²) in [7, 11) is 0. The zero-order valence-corrected chi connectivity index (χ0v) is 12.0. The van der Waals surface area contributed by atoms with E-state index in [1.165, 1.54) is 12.1 Å². The van der Waals surface area contributed by atoms with Gasteiger partial charge < -0.3 is 9.52 Å². The van der Waals surface area contributed by atoms with E-state index in [2.05, 4.69) is 23.7 Å². The van der Waals surface area contributed by atoms with Crippen LogP contribution in [0.5, 0.6) is 0 Å². The molecule has 1 heterocycles. The molecule has 1 aromatic carbocycles. The average Bonchev–Trinajstić information content (AvgIpc) is 2.96. The smallest absolute Gasteiger partial charge is 0.124 e. The van der Waals surface area contributed by atoms with Gasteiger partial charge in [0.1, 0.15) is 18.2 Å². The molecule has 0 radical (unpaired) electrons. The first-order valence-corrected chi connectivity index (χ1v) is 6.85. The summed E-state index contributed by atoms with van der Waals surface area (Å²) < 4.78 is 19.0. The quantitative estimate of drug-likeness (QED) is 0.859. The second kappa shape index (κ2) is 7.63. The van der Waals surface area contributed by atoms with Gasteiger partial charge in [0.2, 0.25) is 0 Å². The van der Waals surface area contributed by atoms with Crippen molar-refractivity contribution in [2.24, 2.45) is 0 Å². The third-order valence-electron chi connectivity index (χ3n) is 3.08. The number of halogens is 1. The van der Waals surface area contributed by atoms with Crippen LogP contribution in [-0.4, -0.2) is 23.2 Å². The first-order valence-electron chi connectivity index (χ1n) is 6.85. The van der Waals surface area contributed by atoms with E-state index in [0.717, 1.165) is 17.9 Å². The fourth-order valence-electron chi connectivity index (χ4n) is 2.12. The summed E-state index contributed by atoms with van der Waals surface area (Å²) in [6.07, 6.45) is 1.65. The number of aliphatic hydroxyl groups excluding tert-OH is 1. The Hall–Kier alpha value is -2.09. The highest BCUT2D eigenvalue weighted by atomic mass is 19.1. The highest BCUT2D eigenvalue weighted by Gasteiger charge is 2.08. The molecule has 3 nitrogen and oxygen atoms in total. The van der Waals surface area contributed by atoms with Crippen LogP contribution in [-0.2, 0) is 13.1 Å². The lowest BCUT2D eigenvalue weighted by molar-refractivity contribution is 0.247. The standard InChI is InChI=1S/C17H18FNO2/c1-2-19(13-17-6-4-8-21-17)12-15-9-14(5-3-7-20)10-16(18)11-15/h4,6,8-11,20H,2,7,12-13H2,1H3. The Morgan fingerprint density at radius 2 is 2.14 bits per heavy atom. The summed E-state index contributed by atoms with van der Waals surface area (Å²) in [5.74, 6) is 5.84. The van der Waals surface area contributed by atoms with Gasteiger partial charge in [-0.15, -0.1) is 0 Å². The molecule has 0 bridgehead atoms. The Kier molecular flexibility index (Phi) is 5.56. The van der Waals surface area contributed by atoms with E-state index in [-0.39, 0.29) is 12.4 Å². The molecule has 0 saturated heterocycles. The van der Waals surface area contributed by atoms with Crippen LogP contribution >= 0.6 is 0 Å². The normalized spacial score (nSPS) is 10.5. The molecule has 0 fully saturated rings. The Morgan fingerprint density at radius 3 is 2.81 bits per heavy atom. The topological polar surface area (TPSA) is 36.6 Å². The largest absolute Gasteiger partial charge is 0.468 e. The molecule has 0 spiro atoms. The highest BCUT2D eigenvalue weighted by Crippen LogP contribution is 2.13. The molecule has 0 aliphatic heterocycles. The summed E-state index contributed by atoms with van der Waals surface area (Å²) in [5, 5.41) is 8.71. The molecule has 1 aromatic heterocycles. The second-order valence-corrected chi connectivity index (χ2v) is 4.69.